The number of Topliss-reactive ketones (excluding diaryl/α,β-unsaturated/α-hetero) is 1. The van der Waals surface area contributed by atoms with E-state index in [0.29, 0.717) is 59.9 Å². The maximum absolute atomic E-state index is 12.9. The first-order valence-corrected chi connectivity index (χ1v) is 24.5. The molecule has 4 amide bonds. The van der Waals surface area contributed by atoms with E-state index >= 15 is 0 Å². The molecule has 0 aromatic heterocycles. The number of nitrogens with zero attached hydrogens (tertiary/aromatic N) is 1. The van der Waals surface area contributed by atoms with Crippen LogP contribution in [0.15, 0.2) is 72.8 Å². The first-order chi connectivity index (χ1) is 34.4. The maximum Gasteiger partial charge on any atom is 0.508 e. The summed E-state index contributed by atoms with van der Waals surface area (Å²) in [5, 5.41) is 11.3. The van der Waals surface area contributed by atoms with Crippen molar-refractivity contribution in [2.75, 3.05) is 79.2 Å². The van der Waals surface area contributed by atoms with Gasteiger partial charge in [-0.05, 0) is 99.0 Å². The van der Waals surface area contributed by atoms with Gasteiger partial charge in [-0.2, -0.15) is 0 Å². The second-order valence-corrected chi connectivity index (χ2v) is 18.5. The summed E-state index contributed by atoms with van der Waals surface area (Å²) in [5.74, 6) is -1.73. The number of urea groups is 1. The molecule has 3 rings (SSSR count). The number of unbranched alkanes of at least 4 members (excludes halogenated alkanes) is 5. The molecule has 3 aromatic carbocycles. The predicted molar refractivity (Wildman–Crippen MR) is 268 cm³/mol. The molecular formula is C53H74N5O14+. The van der Waals surface area contributed by atoms with E-state index in [1.165, 1.54) is 13.8 Å². The van der Waals surface area contributed by atoms with E-state index in [0.717, 1.165) is 48.9 Å². The van der Waals surface area contributed by atoms with Gasteiger partial charge in [0.2, 0.25) is 0 Å². The minimum atomic E-state index is -1.40. The second kappa shape index (κ2) is 32.1. The first-order valence-electron chi connectivity index (χ1n) is 24.5. The summed E-state index contributed by atoms with van der Waals surface area (Å²) in [6, 6.07) is 20.5. The number of benzene rings is 3. The average Bonchev–Trinajstić information content (AvgIpc) is 3.34. The Bertz CT molecular complexity index is 2190. The van der Waals surface area contributed by atoms with Crippen LogP contribution in [0.3, 0.4) is 0 Å². The van der Waals surface area contributed by atoms with Crippen LogP contribution in [0.4, 0.5) is 20.1 Å². The minimum absolute atomic E-state index is 0.101. The van der Waals surface area contributed by atoms with E-state index in [-0.39, 0.29) is 82.8 Å². The zero-order valence-corrected chi connectivity index (χ0v) is 42.7. The maximum atomic E-state index is 12.9. The molecule has 0 saturated heterocycles. The van der Waals surface area contributed by atoms with Crippen LogP contribution in [0, 0.1) is 5.41 Å². The largest absolute Gasteiger partial charge is 0.508 e. The monoisotopic (exact) mass is 1000 g/mol. The molecule has 0 saturated carbocycles. The SMILES string of the molecule is CCOC(=O)OCCCCCNC(=O)Nc1ccc(CNC(=O)c2ccc(C(=O)NCc3ccc(CC(=O)CCCCCCOC(=O)OCC(C)(COC(C)=O)C(=O)OCCC[N+](C)(C)C)cc3)cc2)cc1. The van der Waals surface area contributed by atoms with Crippen molar-refractivity contribution in [1.82, 2.24) is 16.0 Å². The summed E-state index contributed by atoms with van der Waals surface area (Å²) in [5.41, 5.74) is 2.53. The van der Waals surface area contributed by atoms with Crippen molar-refractivity contribution in [2.45, 2.75) is 98.1 Å². The molecule has 0 radical (unpaired) electrons. The first kappa shape index (κ1) is 59.3. The van der Waals surface area contributed by atoms with Gasteiger partial charge in [-0.25, -0.2) is 14.4 Å². The Balaban J connectivity index is 1.26. The van der Waals surface area contributed by atoms with E-state index in [9.17, 15) is 38.4 Å². The molecule has 0 fully saturated rings. The van der Waals surface area contributed by atoms with Crippen molar-refractivity contribution in [3.05, 3.63) is 101 Å². The predicted octanol–water partition coefficient (Wildman–Crippen LogP) is 7.44. The number of nitrogens with one attached hydrogen (secondary N) is 4. The van der Waals surface area contributed by atoms with E-state index < -0.39 is 29.7 Å². The van der Waals surface area contributed by atoms with Crippen molar-refractivity contribution in [1.29, 1.82) is 0 Å². The quantitative estimate of drug-likeness (QED) is 0.0206. The van der Waals surface area contributed by atoms with E-state index in [1.807, 2.05) is 45.4 Å². The summed E-state index contributed by atoms with van der Waals surface area (Å²) >= 11 is 0. The molecule has 19 nitrogen and oxygen atoms in total. The molecule has 394 valence electrons. The van der Waals surface area contributed by atoms with E-state index in [2.05, 4.69) is 21.3 Å². The van der Waals surface area contributed by atoms with Crippen LogP contribution in [0.25, 0.3) is 0 Å². The van der Waals surface area contributed by atoms with Crippen LogP contribution in [0.2, 0.25) is 0 Å². The summed E-state index contributed by atoms with van der Waals surface area (Å²) in [6.07, 6.45) is 4.62. The third kappa shape index (κ3) is 25.2. The smallest absolute Gasteiger partial charge is 0.465 e. The third-order valence-corrected chi connectivity index (χ3v) is 10.9. The van der Waals surface area contributed by atoms with Crippen LogP contribution in [0.1, 0.15) is 116 Å². The fourth-order valence-electron chi connectivity index (χ4n) is 6.73. The Morgan fingerprint density at radius 3 is 1.60 bits per heavy atom. The van der Waals surface area contributed by atoms with Gasteiger partial charge in [-0.1, -0.05) is 49.2 Å². The Morgan fingerprint density at radius 2 is 1.04 bits per heavy atom. The molecule has 0 spiro atoms. The van der Waals surface area contributed by atoms with Gasteiger partial charge in [0.1, 0.15) is 24.4 Å². The van der Waals surface area contributed by atoms with Crippen molar-refractivity contribution >= 4 is 53.6 Å². The number of amides is 4. The summed E-state index contributed by atoms with van der Waals surface area (Å²) in [4.78, 5) is 98.3. The van der Waals surface area contributed by atoms with Gasteiger partial charge in [-0.3, -0.25) is 24.0 Å². The highest BCUT2D eigenvalue weighted by Gasteiger charge is 2.38. The van der Waals surface area contributed by atoms with E-state index in [4.69, 9.17) is 28.4 Å². The number of ketones is 1. The molecule has 72 heavy (non-hydrogen) atoms. The number of esters is 2. The normalized spacial score (nSPS) is 11.8. The molecule has 1 unspecified atom stereocenters. The fourth-order valence-corrected chi connectivity index (χ4v) is 6.73. The van der Waals surface area contributed by atoms with Crippen LogP contribution in [0.5, 0.6) is 0 Å². The van der Waals surface area contributed by atoms with Crippen LogP contribution < -0.4 is 21.3 Å². The van der Waals surface area contributed by atoms with Crippen LogP contribution in [-0.2, 0) is 62.3 Å². The van der Waals surface area contributed by atoms with Gasteiger partial charge < -0.3 is 54.2 Å². The van der Waals surface area contributed by atoms with Gasteiger partial charge in [0.25, 0.3) is 11.8 Å². The highest BCUT2D eigenvalue weighted by atomic mass is 16.7. The van der Waals surface area contributed by atoms with Crippen molar-refractivity contribution in [2.24, 2.45) is 5.41 Å². The lowest BCUT2D eigenvalue weighted by Gasteiger charge is -2.27. The molecule has 1 atom stereocenters. The Kier molecular flexibility index (Phi) is 26.4. The Morgan fingerprint density at radius 1 is 0.542 bits per heavy atom. The van der Waals surface area contributed by atoms with Gasteiger partial charge in [0.15, 0.2) is 0 Å². The lowest BCUT2D eigenvalue weighted by molar-refractivity contribution is -0.870. The number of ether oxygens (including phenoxy) is 6. The third-order valence-electron chi connectivity index (χ3n) is 10.9. The lowest BCUT2D eigenvalue weighted by atomic mass is 9.93. The highest BCUT2D eigenvalue weighted by Crippen LogP contribution is 2.21. The zero-order valence-electron chi connectivity index (χ0n) is 42.7. The van der Waals surface area contributed by atoms with Crippen molar-refractivity contribution in [3.63, 3.8) is 0 Å². The van der Waals surface area contributed by atoms with Crippen molar-refractivity contribution < 1.29 is 71.3 Å². The number of hydrogen-bond acceptors (Lipinski definition) is 14. The van der Waals surface area contributed by atoms with E-state index in [1.54, 1.807) is 55.5 Å². The fraction of sp³-hybridized carbons (Fsp3) is 0.509. The van der Waals surface area contributed by atoms with Gasteiger partial charge in [-0.15, -0.1) is 0 Å². The molecule has 3 aromatic rings. The summed E-state index contributed by atoms with van der Waals surface area (Å²) in [7, 11) is 6.09. The van der Waals surface area contributed by atoms with Crippen LogP contribution in [-0.4, -0.2) is 126 Å². The van der Waals surface area contributed by atoms with Crippen molar-refractivity contribution in [3.8, 4) is 0 Å². The molecule has 0 heterocycles. The molecule has 0 aliphatic rings. The molecule has 0 bridgehead atoms. The minimum Gasteiger partial charge on any atom is -0.465 e. The number of hydrogen-bond donors (Lipinski definition) is 4. The van der Waals surface area contributed by atoms with Gasteiger partial charge in [0.05, 0.1) is 54.1 Å². The summed E-state index contributed by atoms with van der Waals surface area (Å²) < 4.78 is 31.1. The van der Waals surface area contributed by atoms with Gasteiger partial charge in [0, 0.05) is 62.6 Å². The number of quaternary nitrogens is 1. The molecule has 4 N–H and O–H groups in total. The zero-order chi connectivity index (χ0) is 52.8. The molecule has 0 aliphatic carbocycles. The summed E-state index contributed by atoms with van der Waals surface area (Å²) in [6.45, 7) is 6.33. The number of rotatable bonds is 32. The standard InChI is InChI=1S/C53H73N5O14/c1-7-67-51(65)69-32-14-10-12-29-54-50(64)57-45-27-21-42(22-28-45)36-56-48(62)44-25-23-43(24-26-44)47(61)55-35-41-19-17-40(18-20-41)34-46(60)16-11-8-9-13-31-70-52(66)72-38-53(3,37-71-39(2)59)49(63)68-33-15-30-58(4,5)6/h17-28H,7-16,29-38H2,1-6H3,(H3-,54,55,56,57,61,62,64)/p+1. The average molecular weight is 1010 g/mol. The molecule has 19 heteroatoms. The number of anilines is 1. The Labute approximate surface area is 422 Å². The Hall–Kier alpha value is -7.02. The van der Waals surface area contributed by atoms with Gasteiger partial charge >= 0.3 is 30.3 Å². The molecular weight excluding hydrogens is 931 g/mol. The number of carbonyl (C=O) groups excluding carboxylic acids is 8. The lowest BCUT2D eigenvalue weighted by Crippen LogP contribution is -2.41. The highest BCUT2D eigenvalue weighted by molar-refractivity contribution is 5.97. The topological polar surface area (TPSA) is 240 Å². The molecule has 0 aliphatic heterocycles. The second-order valence-electron chi connectivity index (χ2n) is 18.5. The number of carbonyl (C=O) groups is 8. The van der Waals surface area contributed by atoms with Crippen LogP contribution >= 0.6 is 0 Å².